The van der Waals surface area contributed by atoms with Crippen LogP contribution in [0.4, 0.5) is 5.69 Å². The average Bonchev–Trinajstić information content (AvgIpc) is 3.11. The van der Waals surface area contributed by atoms with Gasteiger partial charge in [0.15, 0.2) is 5.96 Å². The monoisotopic (exact) mass is 493 g/mol. The van der Waals surface area contributed by atoms with E-state index in [-0.39, 0.29) is 30.5 Å². The molecule has 0 saturated carbocycles. The third-order valence-electron chi connectivity index (χ3n) is 4.87. The molecule has 0 saturated heterocycles. The molecule has 3 aromatic rings. The third kappa shape index (κ3) is 4.62. The molecule has 27 heavy (non-hydrogen) atoms. The molecule has 0 aliphatic heterocycles. The second-order valence-electron chi connectivity index (χ2n) is 6.70. The molecule has 142 valence electrons. The quantitative estimate of drug-likeness (QED) is 0.276. The van der Waals surface area contributed by atoms with Gasteiger partial charge in [0.1, 0.15) is 6.10 Å². The Bertz CT molecular complexity index is 921. The molecule has 1 aliphatic carbocycles. The molecule has 0 radical (unpaired) electrons. The summed E-state index contributed by atoms with van der Waals surface area (Å²) in [5.41, 5.74) is 9.86. The summed E-state index contributed by atoms with van der Waals surface area (Å²) >= 11 is 1.60. The minimum atomic E-state index is -0.641. The molecule has 0 bridgehead atoms. The number of hydrogen-bond acceptors (Lipinski definition) is 3. The van der Waals surface area contributed by atoms with Gasteiger partial charge in [0, 0.05) is 15.3 Å². The number of aliphatic imine (C=N–C) groups is 1. The summed E-state index contributed by atoms with van der Waals surface area (Å²) in [4.78, 5) is 5.27. The second-order valence-corrected chi connectivity index (χ2v) is 7.82. The lowest BCUT2D eigenvalue weighted by Gasteiger charge is -2.20. The Kier molecular flexibility index (Phi) is 6.73. The number of nitrogens with two attached hydrogens (primary N) is 1. The van der Waals surface area contributed by atoms with E-state index in [0.29, 0.717) is 5.96 Å². The van der Waals surface area contributed by atoms with Gasteiger partial charge in [-0.2, -0.15) is 0 Å². The van der Waals surface area contributed by atoms with Gasteiger partial charge in [-0.25, -0.2) is 0 Å². The molecule has 4 nitrogen and oxygen atoms in total. The number of thiophene rings is 1. The van der Waals surface area contributed by atoms with Crippen molar-refractivity contribution in [2.45, 2.75) is 31.8 Å². The normalized spacial score (nSPS) is 15.1. The molecule has 1 heterocycles. The number of nitrogens with zero attached hydrogens (tertiary/aromatic N) is 1. The maximum Gasteiger partial charge on any atom is 0.193 e. The lowest BCUT2D eigenvalue weighted by Crippen LogP contribution is -2.25. The first-order valence-corrected chi connectivity index (χ1v) is 9.86. The van der Waals surface area contributed by atoms with E-state index in [2.05, 4.69) is 40.6 Å². The summed E-state index contributed by atoms with van der Waals surface area (Å²) in [5, 5.41) is 14.8. The van der Waals surface area contributed by atoms with Crippen molar-refractivity contribution in [2.24, 2.45) is 10.7 Å². The van der Waals surface area contributed by atoms with Gasteiger partial charge in [0.25, 0.3) is 0 Å². The summed E-state index contributed by atoms with van der Waals surface area (Å²) in [5.74, 6) is 0.351. The van der Waals surface area contributed by atoms with Crippen LogP contribution >= 0.6 is 35.3 Å². The first-order chi connectivity index (χ1) is 12.7. The van der Waals surface area contributed by atoms with Crippen molar-refractivity contribution in [1.29, 1.82) is 0 Å². The predicted molar refractivity (Wildman–Crippen MR) is 125 cm³/mol. The number of guanidine groups is 1. The Morgan fingerprint density at radius 2 is 1.96 bits per heavy atom. The largest absolute Gasteiger partial charge is 0.386 e. The highest BCUT2D eigenvalue weighted by Gasteiger charge is 2.14. The van der Waals surface area contributed by atoms with Crippen LogP contribution in [-0.4, -0.2) is 17.6 Å². The van der Waals surface area contributed by atoms with Gasteiger partial charge in [-0.1, -0.05) is 30.3 Å². The third-order valence-corrected chi connectivity index (χ3v) is 6.08. The van der Waals surface area contributed by atoms with Crippen LogP contribution in [0.2, 0.25) is 0 Å². The fourth-order valence-electron chi connectivity index (χ4n) is 3.52. The molecule has 1 aromatic heterocycles. The number of aliphatic hydroxyl groups excluding tert-OH is 1. The molecule has 0 spiro atoms. The molecule has 1 unspecified atom stereocenters. The molecular formula is C21H24IN3OS. The van der Waals surface area contributed by atoms with Gasteiger partial charge in [0.2, 0.25) is 0 Å². The summed E-state index contributed by atoms with van der Waals surface area (Å²) < 4.78 is 1.17. The number of fused-ring (bicyclic) bond motifs is 2. The molecule has 4 rings (SSSR count). The van der Waals surface area contributed by atoms with E-state index < -0.39 is 6.10 Å². The Morgan fingerprint density at radius 1 is 1.15 bits per heavy atom. The molecule has 2 aromatic carbocycles. The smallest absolute Gasteiger partial charge is 0.193 e. The van der Waals surface area contributed by atoms with Crippen molar-refractivity contribution < 1.29 is 5.11 Å². The molecular weight excluding hydrogens is 469 g/mol. The van der Waals surface area contributed by atoms with Crippen molar-refractivity contribution in [2.75, 3.05) is 11.9 Å². The first kappa shape index (κ1) is 20.1. The number of benzene rings is 2. The number of aryl methyl sites for hydroxylation is 1. The van der Waals surface area contributed by atoms with Gasteiger partial charge in [-0.15, -0.1) is 35.3 Å². The summed E-state index contributed by atoms with van der Waals surface area (Å²) in [6.07, 6.45) is 4.04. The van der Waals surface area contributed by atoms with Crippen molar-refractivity contribution in [3.63, 3.8) is 0 Å². The first-order valence-electron chi connectivity index (χ1n) is 9.05. The van der Waals surface area contributed by atoms with Gasteiger partial charge in [-0.3, -0.25) is 4.99 Å². The van der Waals surface area contributed by atoms with Crippen LogP contribution < -0.4 is 11.1 Å². The maximum atomic E-state index is 10.4. The van der Waals surface area contributed by atoms with E-state index in [1.807, 2.05) is 18.2 Å². The van der Waals surface area contributed by atoms with Crippen molar-refractivity contribution >= 4 is 57.0 Å². The highest BCUT2D eigenvalue weighted by Crippen LogP contribution is 2.30. The standard InChI is InChI=1S/C21H23N3OS.HI/c22-21(24-17-10-5-8-14-6-1-3-9-16(14)17)23-13-18(25)20-12-15-7-2-4-11-19(15)26-20;/h2,4-5,7-8,10-12,18,25H,1,3,6,9,13H2,(H3,22,23,24);1H. The number of halogens is 1. The van der Waals surface area contributed by atoms with Crippen LogP contribution in [0.3, 0.4) is 0 Å². The van der Waals surface area contributed by atoms with Crippen LogP contribution in [0, 0.1) is 0 Å². The van der Waals surface area contributed by atoms with E-state index >= 15 is 0 Å². The van der Waals surface area contributed by atoms with E-state index in [4.69, 9.17) is 5.73 Å². The number of rotatable bonds is 4. The van der Waals surface area contributed by atoms with Gasteiger partial charge in [0.05, 0.1) is 6.54 Å². The van der Waals surface area contributed by atoms with Crippen LogP contribution in [0.15, 0.2) is 53.5 Å². The fourth-order valence-corrected chi connectivity index (χ4v) is 4.56. The number of aliphatic hydroxyl groups is 1. The van der Waals surface area contributed by atoms with Crippen LogP contribution in [-0.2, 0) is 12.8 Å². The number of hydrogen-bond donors (Lipinski definition) is 3. The van der Waals surface area contributed by atoms with Gasteiger partial charge < -0.3 is 16.2 Å². The lowest BCUT2D eigenvalue weighted by atomic mass is 9.90. The fraction of sp³-hybridized carbons (Fsp3) is 0.286. The predicted octanol–water partition coefficient (Wildman–Crippen LogP) is 4.86. The zero-order chi connectivity index (χ0) is 17.9. The molecule has 4 N–H and O–H groups in total. The number of nitrogens with one attached hydrogen (secondary N) is 1. The molecule has 0 fully saturated rings. The Labute approximate surface area is 180 Å². The van der Waals surface area contributed by atoms with E-state index in [1.165, 1.54) is 28.7 Å². The topological polar surface area (TPSA) is 70.6 Å². The van der Waals surface area contributed by atoms with E-state index in [1.54, 1.807) is 11.3 Å². The van der Waals surface area contributed by atoms with E-state index in [0.717, 1.165) is 28.8 Å². The van der Waals surface area contributed by atoms with Crippen LogP contribution in [0.5, 0.6) is 0 Å². The highest BCUT2D eigenvalue weighted by molar-refractivity contribution is 14.0. The molecule has 1 atom stereocenters. The molecule has 6 heteroatoms. The van der Waals surface area contributed by atoms with Gasteiger partial charge in [-0.05, 0) is 60.4 Å². The molecule has 1 aliphatic rings. The number of anilines is 1. The summed E-state index contributed by atoms with van der Waals surface area (Å²) in [6.45, 7) is 0.251. The summed E-state index contributed by atoms with van der Waals surface area (Å²) in [7, 11) is 0. The highest BCUT2D eigenvalue weighted by atomic mass is 127. The maximum absolute atomic E-state index is 10.4. The zero-order valence-corrected chi connectivity index (χ0v) is 18.2. The van der Waals surface area contributed by atoms with Crippen LogP contribution in [0.25, 0.3) is 10.1 Å². The Balaban J connectivity index is 0.00000210. The Morgan fingerprint density at radius 3 is 2.81 bits per heavy atom. The summed E-state index contributed by atoms with van der Waals surface area (Å²) in [6, 6.07) is 16.5. The Hall–Kier alpha value is -1.64. The zero-order valence-electron chi connectivity index (χ0n) is 15.0. The second kappa shape index (κ2) is 9.03. The van der Waals surface area contributed by atoms with Crippen molar-refractivity contribution in [3.8, 4) is 0 Å². The average molecular weight is 493 g/mol. The molecule has 0 amide bonds. The van der Waals surface area contributed by atoms with Crippen molar-refractivity contribution in [1.82, 2.24) is 0 Å². The minimum absolute atomic E-state index is 0. The van der Waals surface area contributed by atoms with Crippen molar-refractivity contribution in [3.05, 3.63) is 64.5 Å². The van der Waals surface area contributed by atoms with Crippen LogP contribution in [0.1, 0.15) is 34.9 Å². The lowest BCUT2D eigenvalue weighted by molar-refractivity contribution is 0.191. The van der Waals surface area contributed by atoms with E-state index in [9.17, 15) is 5.11 Å². The minimum Gasteiger partial charge on any atom is -0.386 e. The SMILES string of the molecule is I.NC(=NCC(O)c1cc2ccccc2s1)Nc1cccc2c1CCCC2. The van der Waals surface area contributed by atoms with Gasteiger partial charge >= 0.3 is 0 Å².